The molecule has 2 heterocycles. The summed E-state index contributed by atoms with van der Waals surface area (Å²) in [5.74, 6) is 0.946. The first-order chi connectivity index (χ1) is 10.3. The summed E-state index contributed by atoms with van der Waals surface area (Å²) in [6, 6.07) is 11.9. The van der Waals surface area contributed by atoms with Crippen LogP contribution in [0.15, 0.2) is 41.8 Å². The van der Waals surface area contributed by atoms with Crippen molar-refractivity contribution < 1.29 is 9.53 Å². The highest BCUT2D eigenvalue weighted by atomic mass is 32.1. The lowest BCUT2D eigenvalue weighted by Crippen LogP contribution is -2.49. The van der Waals surface area contributed by atoms with Crippen LogP contribution < -0.4 is 10.1 Å². The maximum Gasteiger partial charge on any atom is 0.242 e. The van der Waals surface area contributed by atoms with E-state index < -0.39 is 0 Å². The van der Waals surface area contributed by atoms with Crippen molar-refractivity contribution in [2.24, 2.45) is 0 Å². The summed E-state index contributed by atoms with van der Waals surface area (Å²) in [6.07, 6.45) is 0. The fraction of sp³-hybridized carbons (Fsp3) is 0.312. The number of hydrogen-bond acceptors (Lipinski definition) is 4. The Bertz CT molecular complexity index is 595. The van der Waals surface area contributed by atoms with Gasteiger partial charge < -0.3 is 10.1 Å². The summed E-state index contributed by atoms with van der Waals surface area (Å²) in [4.78, 5) is 15.6. The lowest BCUT2D eigenvalue weighted by molar-refractivity contribution is -0.129. The topological polar surface area (TPSA) is 41.6 Å². The molecule has 0 radical (unpaired) electrons. The van der Waals surface area contributed by atoms with Crippen LogP contribution in [-0.2, 0) is 11.3 Å². The van der Waals surface area contributed by atoms with Crippen LogP contribution in [0.1, 0.15) is 16.5 Å². The maximum absolute atomic E-state index is 12.2. The van der Waals surface area contributed by atoms with Crippen molar-refractivity contribution in [1.29, 1.82) is 0 Å². The number of hydrogen-bond donors (Lipinski definition) is 1. The minimum Gasteiger partial charge on any atom is -0.497 e. The van der Waals surface area contributed by atoms with Crippen LogP contribution in [0.2, 0.25) is 0 Å². The Balaban J connectivity index is 1.79. The third-order valence-corrected chi connectivity index (χ3v) is 4.59. The molecular formula is C16H18N2O2S. The predicted molar refractivity (Wildman–Crippen MR) is 83.5 cm³/mol. The predicted octanol–water partition coefficient (Wildman–Crippen LogP) is 2.43. The summed E-state index contributed by atoms with van der Waals surface area (Å²) in [5, 5.41) is 4.98. The van der Waals surface area contributed by atoms with Crippen molar-refractivity contribution in [2.75, 3.05) is 20.2 Å². The number of carbonyl (C=O) groups excluding carboxylic acids is 1. The Kier molecular flexibility index (Phi) is 4.22. The first-order valence-electron chi connectivity index (χ1n) is 6.96. The van der Waals surface area contributed by atoms with Gasteiger partial charge in [-0.15, -0.1) is 11.3 Å². The Labute approximate surface area is 128 Å². The third-order valence-electron chi connectivity index (χ3n) is 3.67. The quantitative estimate of drug-likeness (QED) is 0.943. The molecule has 0 saturated carbocycles. The molecule has 1 aliphatic heterocycles. The zero-order valence-corrected chi connectivity index (χ0v) is 12.7. The summed E-state index contributed by atoms with van der Waals surface area (Å²) in [7, 11) is 1.66. The highest BCUT2D eigenvalue weighted by Crippen LogP contribution is 2.28. The Morgan fingerprint density at radius 1 is 1.33 bits per heavy atom. The number of ether oxygens (including phenoxy) is 1. The van der Waals surface area contributed by atoms with Crippen LogP contribution >= 0.6 is 11.3 Å². The zero-order chi connectivity index (χ0) is 14.7. The molecule has 1 aromatic heterocycles. The van der Waals surface area contributed by atoms with E-state index in [1.165, 1.54) is 5.56 Å². The van der Waals surface area contributed by atoms with Gasteiger partial charge in [-0.2, -0.15) is 0 Å². The van der Waals surface area contributed by atoms with Gasteiger partial charge in [-0.25, -0.2) is 0 Å². The minimum absolute atomic E-state index is 0.0946. The molecule has 1 aromatic carbocycles. The molecule has 5 heteroatoms. The standard InChI is InChI=1S/C16H18N2O2S/c1-20-13-6-4-12(5-7-13)11-18-9-8-17-16(19)15(18)14-3-2-10-21-14/h2-7,10,15H,8-9,11H2,1H3,(H,17,19). The van der Waals surface area contributed by atoms with E-state index in [9.17, 15) is 4.79 Å². The molecule has 1 amide bonds. The number of amides is 1. The number of benzene rings is 1. The molecule has 4 nitrogen and oxygen atoms in total. The second-order valence-electron chi connectivity index (χ2n) is 5.03. The highest BCUT2D eigenvalue weighted by molar-refractivity contribution is 7.10. The first kappa shape index (κ1) is 14.1. The van der Waals surface area contributed by atoms with E-state index in [1.54, 1.807) is 18.4 Å². The SMILES string of the molecule is COc1ccc(CN2CCNC(=O)C2c2cccs2)cc1. The van der Waals surface area contributed by atoms with Crippen molar-refractivity contribution in [1.82, 2.24) is 10.2 Å². The molecule has 3 rings (SSSR count). The van der Waals surface area contributed by atoms with Gasteiger partial charge in [0.25, 0.3) is 0 Å². The monoisotopic (exact) mass is 302 g/mol. The van der Waals surface area contributed by atoms with Gasteiger partial charge in [-0.1, -0.05) is 18.2 Å². The van der Waals surface area contributed by atoms with E-state index >= 15 is 0 Å². The lowest BCUT2D eigenvalue weighted by atomic mass is 10.1. The molecule has 110 valence electrons. The number of piperazine rings is 1. The van der Waals surface area contributed by atoms with Gasteiger partial charge in [0.1, 0.15) is 11.8 Å². The number of carbonyl (C=O) groups is 1. The largest absolute Gasteiger partial charge is 0.497 e. The normalized spacial score (nSPS) is 19.3. The van der Waals surface area contributed by atoms with Crippen LogP contribution in [0.5, 0.6) is 5.75 Å². The summed E-state index contributed by atoms with van der Waals surface area (Å²) in [5.41, 5.74) is 1.19. The number of nitrogens with zero attached hydrogens (tertiary/aromatic N) is 1. The van der Waals surface area contributed by atoms with Crippen LogP contribution in [0.25, 0.3) is 0 Å². The second-order valence-corrected chi connectivity index (χ2v) is 6.01. The second kappa shape index (κ2) is 6.28. The molecule has 0 spiro atoms. The fourth-order valence-corrected chi connectivity index (χ4v) is 3.46. The van der Waals surface area contributed by atoms with E-state index in [0.29, 0.717) is 6.54 Å². The van der Waals surface area contributed by atoms with Crippen molar-refractivity contribution in [2.45, 2.75) is 12.6 Å². The minimum atomic E-state index is -0.180. The van der Waals surface area contributed by atoms with Gasteiger partial charge in [0.2, 0.25) is 5.91 Å². The van der Waals surface area contributed by atoms with Crippen LogP contribution in [0, 0.1) is 0 Å². The molecule has 0 aliphatic carbocycles. The molecule has 1 N–H and O–H groups in total. The average Bonchev–Trinajstić information content (AvgIpc) is 3.02. The number of thiophene rings is 1. The van der Waals surface area contributed by atoms with Gasteiger partial charge in [0.05, 0.1) is 7.11 Å². The molecule has 1 fully saturated rings. The smallest absolute Gasteiger partial charge is 0.242 e. The average molecular weight is 302 g/mol. The van der Waals surface area contributed by atoms with Crippen molar-refractivity contribution in [3.8, 4) is 5.75 Å². The van der Waals surface area contributed by atoms with Crippen LogP contribution in [0.4, 0.5) is 0 Å². The van der Waals surface area contributed by atoms with Gasteiger partial charge in [-0.05, 0) is 29.1 Å². The van der Waals surface area contributed by atoms with E-state index in [0.717, 1.165) is 23.7 Å². The van der Waals surface area contributed by atoms with Crippen LogP contribution in [-0.4, -0.2) is 31.0 Å². The van der Waals surface area contributed by atoms with Gasteiger partial charge in [0.15, 0.2) is 0 Å². The van der Waals surface area contributed by atoms with Gasteiger partial charge >= 0.3 is 0 Å². The highest BCUT2D eigenvalue weighted by Gasteiger charge is 2.31. The summed E-state index contributed by atoms with van der Waals surface area (Å²) >= 11 is 1.63. The number of methoxy groups -OCH3 is 1. The number of rotatable bonds is 4. The van der Waals surface area contributed by atoms with E-state index in [-0.39, 0.29) is 11.9 Å². The Hall–Kier alpha value is -1.85. The molecule has 1 saturated heterocycles. The zero-order valence-electron chi connectivity index (χ0n) is 11.9. The molecular weight excluding hydrogens is 284 g/mol. The van der Waals surface area contributed by atoms with Crippen LogP contribution in [0.3, 0.4) is 0 Å². The Morgan fingerprint density at radius 2 is 2.14 bits per heavy atom. The number of nitrogens with one attached hydrogen (secondary N) is 1. The molecule has 1 unspecified atom stereocenters. The van der Waals surface area contributed by atoms with Gasteiger partial charge in [-0.3, -0.25) is 9.69 Å². The van der Waals surface area contributed by atoms with E-state index in [2.05, 4.69) is 22.3 Å². The third kappa shape index (κ3) is 3.09. The molecule has 21 heavy (non-hydrogen) atoms. The molecule has 2 aromatic rings. The van der Waals surface area contributed by atoms with E-state index in [4.69, 9.17) is 4.74 Å². The van der Waals surface area contributed by atoms with Gasteiger partial charge in [0, 0.05) is 24.5 Å². The molecule has 0 bridgehead atoms. The van der Waals surface area contributed by atoms with Crippen molar-refractivity contribution in [3.63, 3.8) is 0 Å². The Morgan fingerprint density at radius 3 is 2.81 bits per heavy atom. The fourth-order valence-electron chi connectivity index (χ4n) is 2.61. The van der Waals surface area contributed by atoms with Crippen molar-refractivity contribution >= 4 is 17.2 Å². The molecule has 1 aliphatic rings. The summed E-state index contributed by atoms with van der Waals surface area (Å²) in [6.45, 7) is 2.33. The lowest BCUT2D eigenvalue weighted by Gasteiger charge is -2.34. The molecule has 1 atom stereocenters. The van der Waals surface area contributed by atoms with E-state index in [1.807, 2.05) is 29.6 Å². The maximum atomic E-state index is 12.2. The summed E-state index contributed by atoms with van der Waals surface area (Å²) < 4.78 is 5.18. The van der Waals surface area contributed by atoms with Crippen molar-refractivity contribution in [3.05, 3.63) is 52.2 Å². The first-order valence-corrected chi connectivity index (χ1v) is 7.84.